The molecule has 0 spiro atoms. The number of non-ortho nitro benzene ring substituents is 1. The van der Waals surface area contributed by atoms with Gasteiger partial charge in [-0.15, -0.1) is 0 Å². The molecule has 0 aliphatic rings. The first-order valence-electron chi connectivity index (χ1n) is 8.57. The summed E-state index contributed by atoms with van der Waals surface area (Å²) in [6, 6.07) is 20.6. The number of hydrogen-bond donors (Lipinski definition) is 1. The van der Waals surface area contributed by atoms with Gasteiger partial charge in [-0.1, -0.05) is 46.3 Å². The molecule has 7 nitrogen and oxygen atoms in total. The van der Waals surface area contributed by atoms with Gasteiger partial charge in [0, 0.05) is 16.6 Å². The number of benzene rings is 3. The second-order valence-electron chi connectivity index (χ2n) is 5.96. The van der Waals surface area contributed by atoms with Gasteiger partial charge in [0.25, 0.3) is 11.6 Å². The Bertz CT molecular complexity index is 1040. The molecule has 0 saturated carbocycles. The van der Waals surface area contributed by atoms with E-state index in [-0.39, 0.29) is 5.69 Å². The lowest BCUT2D eigenvalue weighted by atomic mass is 10.2. The molecule has 3 rings (SSSR count). The lowest BCUT2D eigenvalue weighted by Gasteiger charge is -2.11. The van der Waals surface area contributed by atoms with Crippen LogP contribution >= 0.6 is 15.9 Å². The predicted molar refractivity (Wildman–Crippen MR) is 113 cm³/mol. The van der Waals surface area contributed by atoms with Gasteiger partial charge in [-0.05, 0) is 41.5 Å². The first-order chi connectivity index (χ1) is 14.0. The zero-order chi connectivity index (χ0) is 20.6. The predicted octanol–water partition coefficient (Wildman–Crippen LogP) is 4.70. The van der Waals surface area contributed by atoms with Crippen LogP contribution in [0.3, 0.4) is 0 Å². The number of nitro benzene ring substituents is 1. The van der Waals surface area contributed by atoms with Crippen molar-refractivity contribution in [1.29, 1.82) is 0 Å². The van der Waals surface area contributed by atoms with Crippen molar-refractivity contribution in [3.63, 3.8) is 0 Å². The summed E-state index contributed by atoms with van der Waals surface area (Å²) in [5, 5.41) is 14.6. The largest absolute Gasteiger partial charge is 0.488 e. The molecule has 3 aromatic carbocycles. The van der Waals surface area contributed by atoms with Crippen LogP contribution in [0, 0.1) is 10.1 Å². The number of carbonyl (C=O) groups is 1. The minimum atomic E-state index is -0.479. The first-order valence-corrected chi connectivity index (χ1v) is 9.36. The Balaban J connectivity index is 1.67. The third-order valence-electron chi connectivity index (χ3n) is 3.91. The average molecular weight is 454 g/mol. The number of carbonyl (C=O) groups excluding carboxylic acids is 1. The zero-order valence-corrected chi connectivity index (χ0v) is 16.7. The van der Waals surface area contributed by atoms with Crippen LogP contribution in [0.1, 0.15) is 21.5 Å². The Morgan fingerprint density at radius 3 is 2.52 bits per heavy atom. The topological polar surface area (TPSA) is 93.8 Å². The third-order valence-corrected chi connectivity index (χ3v) is 4.40. The summed E-state index contributed by atoms with van der Waals surface area (Å²) < 4.78 is 6.53. The summed E-state index contributed by atoms with van der Waals surface area (Å²) in [6.45, 7) is 0.328. The van der Waals surface area contributed by atoms with Gasteiger partial charge < -0.3 is 4.74 Å². The van der Waals surface area contributed by atoms with E-state index in [1.165, 1.54) is 18.3 Å². The molecule has 0 unspecified atom stereocenters. The number of nitrogens with zero attached hydrogens (tertiary/aromatic N) is 2. The van der Waals surface area contributed by atoms with Crippen LogP contribution in [0.5, 0.6) is 5.75 Å². The molecule has 29 heavy (non-hydrogen) atoms. The van der Waals surface area contributed by atoms with Crippen LogP contribution in [0.2, 0.25) is 0 Å². The second-order valence-corrected chi connectivity index (χ2v) is 6.88. The quantitative estimate of drug-likeness (QED) is 0.318. The highest BCUT2D eigenvalue weighted by Gasteiger charge is 2.13. The van der Waals surface area contributed by atoms with Crippen molar-refractivity contribution < 1.29 is 14.5 Å². The maximum atomic E-state index is 12.5. The molecule has 0 aliphatic heterocycles. The van der Waals surface area contributed by atoms with E-state index in [1.54, 1.807) is 30.3 Å². The normalized spacial score (nSPS) is 10.7. The van der Waals surface area contributed by atoms with Gasteiger partial charge in [-0.3, -0.25) is 14.9 Å². The third kappa shape index (κ3) is 5.73. The van der Waals surface area contributed by atoms with E-state index in [9.17, 15) is 14.9 Å². The monoisotopic (exact) mass is 453 g/mol. The Morgan fingerprint density at radius 2 is 1.83 bits per heavy atom. The van der Waals surface area contributed by atoms with Gasteiger partial charge in [-0.2, -0.15) is 5.10 Å². The summed E-state index contributed by atoms with van der Waals surface area (Å²) >= 11 is 3.35. The fourth-order valence-electron chi connectivity index (χ4n) is 2.45. The Hall–Kier alpha value is -3.52. The molecule has 0 aliphatic carbocycles. The molecule has 1 N–H and O–H groups in total. The van der Waals surface area contributed by atoms with Crippen LogP contribution in [0.4, 0.5) is 5.69 Å². The number of nitro groups is 1. The van der Waals surface area contributed by atoms with Crippen molar-refractivity contribution >= 4 is 33.7 Å². The van der Waals surface area contributed by atoms with Crippen molar-refractivity contribution in [1.82, 2.24) is 5.43 Å². The van der Waals surface area contributed by atoms with Gasteiger partial charge in [-0.25, -0.2) is 5.43 Å². The standard InChI is InChI=1S/C21H16BrN3O4/c22-17-8-11-20(29-14-16-4-2-1-3-5-16)19(12-17)21(26)24-23-13-15-6-9-18(10-7-15)25(27)28/h1-13H,14H2,(H,24,26)/b23-13+. The first kappa shape index (κ1) is 20.2. The highest BCUT2D eigenvalue weighted by molar-refractivity contribution is 9.10. The van der Waals surface area contributed by atoms with Crippen molar-refractivity contribution in [3.05, 3.63) is 104 Å². The molecular weight excluding hydrogens is 438 g/mol. The zero-order valence-electron chi connectivity index (χ0n) is 15.1. The van der Waals surface area contributed by atoms with Crippen LogP contribution < -0.4 is 10.2 Å². The van der Waals surface area contributed by atoms with E-state index in [0.717, 1.165) is 10.0 Å². The van der Waals surface area contributed by atoms with E-state index in [2.05, 4.69) is 26.5 Å². The van der Waals surface area contributed by atoms with Gasteiger partial charge in [0.05, 0.1) is 16.7 Å². The summed E-state index contributed by atoms with van der Waals surface area (Å²) in [7, 11) is 0. The fourth-order valence-corrected chi connectivity index (χ4v) is 2.81. The van der Waals surface area contributed by atoms with Gasteiger partial charge in [0.1, 0.15) is 12.4 Å². The molecule has 0 aromatic heterocycles. The molecule has 146 valence electrons. The van der Waals surface area contributed by atoms with E-state index in [4.69, 9.17) is 4.74 Å². The van der Waals surface area contributed by atoms with Crippen molar-refractivity contribution in [2.75, 3.05) is 0 Å². The van der Waals surface area contributed by atoms with Crippen LogP contribution in [-0.4, -0.2) is 17.0 Å². The second kappa shape index (κ2) is 9.61. The van der Waals surface area contributed by atoms with E-state index in [1.807, 2.05) is 30.3 Å². The van der Waals surface area contributed by atoms with E-state index >= 15 is 0 Å². The number of ether oxygens (including phenoxy) is 1. The highest BCUT2D eigenvalue weighted by atomic mass is 79.9. The summed E-state index contributed by atoms with van der Waals surface area (Å²) in [4.78, 5) is 22.7. The minimum Gasteiger partial charge on any atom is -0.488 e. The van der Waals surface area contributed by atoms with Gasteiger partial charge in [0.15, 0.2) is 0 Å². The maximum absolute atomic E-state index is 12.5. The average Bonchev–Trinajstić information content (AvgIpc) is 2.74. The molecule has 0 radical (unpaired) electrons. The number of hydrazone groups is 1. The van der Waals surface area contributed by atoms with Crippen LogP contribution in [0.15, 0.2) is 82.4 Å². The number of rotatable bonds is 7. The molecule has 0 atom stereocenters. The minimum absolute atomic E-state index is 0.0134. The van der Waals surface area contributed by atoms with Crippen molar-refractivity contribution in [2.45, 2.75) is 6.61 Å². The molecule has 1 amide bonds. The molecule has 8 heteroatoms. The van der Waals surface area contributed by atoms with Crippen LogP contribution in [-0.2, 0) is 6.61 Å². The fraction of sp³-hybridized carbons (Fsp3) is 0.0476. The maximum Gasteiger partial charge on any atom is 0.275 e. The molecule has 0 saturated heterocycles. The van der Waals surface area contributed by atoms with Crippen molar-refractivity contribution in [3.8, 4) is 5.75 Å². The van der Waals surface area contributed by atoms with Crippen molar-refractivity contribution in [2.24, 2.45) is 5.10 Å². The number of halogens is 1. The van der Waals surface area contributed by atoms with Crippen LogP contribution in [0.25, 0.3) is 0 Å². The number of amides is 1. The van der Waals surface area contributed by atoms with Gasteiger partial charge >= 0.3 is 0 Å². The molecule has 3 aromatic rings. The highest BCUT2D eigenvalue weighted by Crippen LogP contribution is 2.24. The lowest BCUT2D eigenvalue weighted by Crippen LogP contribution is -2.18. The Kier molecular flexibility index (Phi) is 6.70. The lowest BCUT2D eigenvalue weighted by molar-refractivity contribution is -0.384. The SMILES string of the molecule is O=C(N/N=C/c1ccc([N+](=O)[O-])cc1)c1cc(Br)ccc1OCc1ccccc1. The van der Waals surface area contributed by atoms with E-state index in [0.29, 0.717) is 23.5 Å². The number of hydrogen-bond acceptors (Lipinski definition) is 5. The molecule has 0 fully saturated rings. The molecule has 0 bridgehead atoms. The van der Waals surface area contributed by atoms with Gasteiger partial charge in [0.2, 0.25) is 0 Å². The number of nitrogens with one attached hydrogen (secondary N) is 1. The Labute approximate surface area is 175 Å². The summed E-state index contributed by atoms with van der Waals surface area (Å²) in [6.07, 6.45) is 1.41. The summed E-state index contributed by atoms with van der Waals surface area (Å²) in [5.74, 6) is -0.00684. The summed E-state index contributed by atoms with van der Waals surface area (Å²) in [5.41, 5.74) is 4.36. The van der Waals surface area contributed by atoms with E-state index < -0.39 is 10.8 Å². The molecular formula is C21H16BrN3O4. The Morgan fingerprint density at radius 1 is 1.10 bits per heavy atom. The molecule has 0 heterocycles. The smallest absolute Gasteiger partial charge is 0.275 e.